The van der Waals surface area contributed by atoms with E-state index < -0.39 is 6.10 Å². The van der Waals surface area contributed by atoms with Gasteiger partial charge >= 0.3 is 0 Å². The molecule has 0 amide bonds. The highest BCUT2D eigenvalue weighted by Gasteiger charge is 2.34. The van der Waals surface area contributed by atoms with Crippen molar-refractivity contribution in [2.75, 3.05) is 51.4 Å². The highest BCUT2D eigenvalue weighted by atomic mass is 35.5. The second-order valence-corrected chi connectivity index (χ2v) is 10.1. The number of nitrogens with one attached hydrogen (secondary N) is 1. The normalized spacial score (nSPS) is 21.0. The third-order valence-corrected chi connectivity index (χ3v) is 7.30. The van der Waals surface area contributed by atoms with Gasteiger partial charge in [0.2, 0.25) is 0 Å². The molecule has 0 spiro atoms. The number of hydrogen-bond donors (Lipinski definition) is 2. The molecule has 0 aliphatic carbocycles. The van der Waals surface area contributed by atoms with Crippen LogP contribution in [0.25, 0.3) is 0 Å². The number of halogens is 1. The van der Waals surface area contributed by atoms with Crippen molar-refractivity contribution >= 4 is 17.3 Å². The van der Waals surface area contributed by atoms with Crippen LogP contribution < -0.4 is 19.7 Å². The number of rotatable bonds is 10. The van der Waals surface area contributed by atoms with Crippen molar-refractivity contribution in [3.63, 3.8) is 0 Å². The Morgan fingerprint density at radius 1 is 1.03 bits per heavy atom. The van der Waals surface area contributed by atoms with Gasteiger partial charge in [-0.2, -0.15) is 0 Å². The summed E-state index contributed by atoms with van der Waals surface area (Å²) in [5, 5.41) is 14.9. The van der Waals surface area contributed by atoms with E-state index >= 15 is 0 Å². The number of β-amino-alcohol motifs (C(OH)–C–C–N with tert-alkyl or cyclic N) is 1. The molecule has 2 heterocycles. The van der Waals surface area contributed by atoms with Gasteiger partial charge in [-0.05, 0) is 66.1 Å². The first kappa shape index (κ1) is 26.8. The van der Waals surface area contributed by atoms with E-state index in [4.69, 9.17) is 30.5 Å². The lowest BCUT2D eigenvalue weighted by molar-refractivity contribution is -0.0328. The predicted octanol–water partition coefficient (Wildman–Crippen LogP) is 5.00. The Bertz CT molecular complexity index is 1170. The first-order valence-corrected chi connectivity index (χ1v) is 13.5. The number of piperidine rings is 1. The van der Waals surface area contributed by atoms with Crippen LogP contribution >= 0.6 is 11.6 Å². The van der Waals surface area contributed by atoms with Crippen LogP contribution in [0.5, 0.6) is 17.2 Å². The minimum atomic E-state index is -0.551. The van der Waals surface area contributed by atoms with Gasteiger partial charge in [0.25, 0.3) is 0 Å². The van der Waals surface area contributed by atoms with Crippen molar-refractivity contribution in [3.05, 3.63) is 82.9 Å². The lowest BCUT2D eigenvalue weighted by Gasteiger charge is -2.36. The first-order valence-electron chi connectivity index (χ1n) is 13.1. The van der Waals surface area contributed by atoms with Gasteiger partial charge in [0, 0.05) is 44.3 Å². The predicted molar refractivity (Wildman–Crippen MR) is 149 cm³/mol. The second-order valence-electron chi connectivity index (χ2n) is 9.71. The van der Waals surface area contributed by atoms with E-state index in [1.54, 1.807) is 19.2 Å². The number of ether oxygens (including phenoxy) is 4. The standard InChI is InChI=1S/C30H35ClN2O5/c1-35-15-2-13-33-14-16-36-28-12-3-21(17-26(28)33)20-37-29-19-32-18-27(34)30(29)22-4-8-24(9-5-22)38-25-10-6-23(31)7-11-25/h3-12,17,27,29-30,32,34H,2,13-16,18-20H2,1H3. The molecule has 5 rings (SSSR count). The summed E-state index contributed by atoms with van der Waals surface area (Å²) in [6, 6.07) is 21.4. The first-order chi connectivity index (χ1) is 18.6. The Labute approximate surface area is 229 Å². The number of fused-ring (bicyclic) bond motifs is 1. The highest BCUT2D eigenvalue weighted by Crippen LogP contribution is 2.34. The van der Waals surface area contributed by atoms with Crippen LogP contribution in [0.15, 0.2) is 66.7 Å². The van der Waals surface area contributed by atoms with E-state index in [1.165, 1.54) is 0 Å². The Hall–Kier alpha value is -2.81. The van der Waals surface area contributed by atoms with Gasteiger partial charge in [-0.3, -0.25) is 0 Å². The molecular weight excluding hydrogens is 504 g/mol. The number of anilines is 1. The smallest absolute Gasteiger partial charge is 0.142 e. The molecule has 202 valence electrons. The number of hydrogen-bond acceptors (Lipinski definition) is 7. The van der Waals surface area contributed by atoms with Crippen LogP contribution in [0.2, 0.25) is 5.02 Å². The zero-order valence-electron chi connectivity index (χ0n) is 21.6. The largest absolute Gasteiger partial charge is 0.490 e. The summed E-state index contributed by atoms with van der Waals surface area (Å²) in [6.45, 7) is 4.86. The maximum Gasteiger partial charge on any atom is 0.142 e. The molecule has 8 heteroatoms. The Morgan fingerprint density at radius 2 is 1.79 bits per heavy atom. The van der Waals surface area contributed by atoms with E-state index in [1.807, 2.05) is 42.5 Å². The number of methoxy groups -OCH3 is 1. The molecule has 2 aliphatic heterocycles. The van der Waals surface area contributed by atoms with E-state index in [0.29, 0.717) is 31.3 Å². The molecule has 7 nitrogen and oxygen atoms in total. The van der Waals surface area contributed by atoms with Crippen LogP contribution in [0.3, 0.4) is 0 Å². The topological polar surface area (TPSA) is 72.4 Å². The minimum absolute atomic E-state index is 0.146. The van der Waals surface area contributed by atoms with E-state index in [0.717, 1.165) is 60.2 Å². The molecule has 0 radical (unpaired) electrons. The monoisotopic (exact) mass is 538 g/mol. The summed E-state index contributed by atoms with van der Waals surface area (Å²) in [5.74, 6) is 2.21. The minimum Gasteiger partial charge on any atom is -0.490 e. The Kier molecular flexibility index (Phi) is 9.04. The van der Waals surface area contributed by atoms with Crippen molar-refractivity contribution in [1.29, 1.82) is 0 Å². The summed E-state index contributed by atoms with van der Waals surface area (Å²) < 4.78 is 23.5. The quantitative estimate of drug-likeness (QED) is 0.352. The molecule has 0 saturated carbocycles. The van der Waals surface area contributed by atoms with Crippen molar-refractivity contribution in [2.24, 2.45) is 0 Å². The zero-order chi connectivity index (χ0) is 26.3. The highest BCUT2D eigenvalue weighted by molar-refractivity contribution is 6.30. The molecule has 2 aliphatic rings. The van der Waals surface area contributed by atoms with Gasteiger partial charge in [0.05, 0.1) is 31.0 Å². The third kappa shape index (κ3) is 6.60. The molecule has 3 aromatic rings. The molecule has 38 heavy (non-hydrogen) atoms. The molecule has 2 N–H and O–H groups in total. The van der Waals surface area contributed by atoms with E-state index in [2.05, 4.69) is 22.3 Å². The van der Waals surface area contributed by atoms with Gasteiger partial charge in [0.1, 0.15) is 23.9 Å². The average Bonchev–Trinajstić information content (AvgIpc) is 2.94. The number of aliphatic hydroxyl groups is 1. The van der Waals surface area contributed by atoms with E-state index in [-0.39, 0.29) is 12.0 Å². The lowest BCUT2D eigenvalue weighted by Crippen LogP contribution is -2.49. The zero-order valence-corrected chi connectivity index (χ0v) is 22.4. The van der Waals surface area contributed by atoms with Crippen LogP contribution in [0, 0.1) is 0 Å². The van der Waals surface area contributed by atoms with Gasteiger partial charge < -0.3 is 34.3 Å². The summed E-state index contributed by atoms with van der Waals surface area (Å²) >= 11 is 5.97. The summed E-state index contributed by atoms with van der Waals surface area (Å²) in [5.41, 5.74) is 3.20. The van der Waals surface area contributed by atoms with E-state index in [9.17, 15) is 5.11 Å². The van der Waals surface area contributed by atoms with Crippen LogP contribution in [0.1, 0.15) is 23.5 Å². The van der Waals surface area contributed by atoms with Gasteiger partial charge in [-0.15, -0.1) is 0 Å². The van der Waals surface area contributed by atoms with Crippen molar-refractivity contribution in [2.45, 2.75) is 31.2 Å². The number of nitrogens with zero attached hydrogens (tertiary/aromatic N) is 1. The molecule has 1 saturated heterocycles. The molecular formula is C30H35ClN2O5. The van der Waals surface area contributed by atoms with Gasteiger partial charge in [-0.1, -0.05) is 29.8 Å². The fourth-order valence-electron chi connectivity index (χ4n) is 5.11. The summed E-state index contributed by atoms with van der Waals surface area (Å²) in [4.78, 5) is 2.35. The van der Waals surface area contributed by atoms with Crippen molar-refractivity contribution < 1.29 is 24.1 Å². The van der Waals surface area contributed by atoms with Gasteiger partial charge in [-0.25, -0.2) is 0 Å². The maximum atomic E-state index is 10.9. The Morgan fingerprint density at radius 3 is 2.55 bits per heavy atom. The van der Waals surface area contributed by atoms with Crippen LogP contribution in [0.4, 0.5) is 5.69 Å². The summed E-state index contributed by atoms with van der Waals surface area (Å²) in [7, 11) is 1.73. The number of benzene rings is 3. The molecule has 3 atom stereocenters. The lowest BCUT2D eigenvalue weighted by atomic mass is 9.85. The van der Waals surface area contributed by atoms with Crippen molar-refractivity contribution in [1.82, 2.24) is 5.32 Å². The molecule has 1 fully saturated rings. The van der Waals surface area contributed by atoms with Gasteiger partial charge in [0.15, 0.2) is 0 Å². The SMILES string of the molecule is COCCCN1CCOc2ccc(COC3CNCC(O)C3c3ccc(Oc4ccc(Cl)cc4)cc3)cc21. The van der Waals surface area contributed by atoms with Crippen LogP contribution in [-0.2, 0) is 16.1 Å². The van der Waals surface area contributed by atoms with Crippen molar-refractivity contribution in [3.8, 4) is 17.2 Å². The Balaban J connectivity index is 1.25. The third-order valence-electron chi connectivity index (χ3n) is 7.05. The fourth-order valence-corrected chi connectivity index (χ4v) is 5.24. The number of aliphatic hydroxyl groups excluding tert-OH is 1. The molecule has 3 unspecified atom stereocenters. The maximum absolute atomic E-state index is 10.9. The fraction of sp³-hybridized carbons (Fsp3) is 0.400. The average molecular weight is 539 g/mol. The molecule has 0 aromatic heterocycles. The molecule has 0 bridgehead atoms. The summed E-state index contributed by atoms with van der Waals surface area (Å²) in [6.07, 6.45) is 0.241. The second kappa shape index (κ2) is 12.8. The van der Waals surface area contributed by atoms with Crippen LogP contribution in [-0.4, -0.2) is 63.8 Å². The molecule has 3 aromatic carbocycles.